The van der Waals surface area contributed by atoms with E-state index in [4.69, 9.17) is 10.9 Å². The Labute approximate surface area is 116 Å². The molecule has 0 spiro atoms. The van der Waals surface area contributed by atoms with Gasteiger partial charge < -0.3 is 21.2 Å². The number of carbonyl (C=O) groups excluding carboxylic acids is 1. The third-order valence-corrected chi connectivity index (χ3v) is 3.43. The summed E-state index contributed by atoms with van der Waals surface area (Å²) in [5, 5.41) is 14.4. The number of hydrogen-bond acceptors (Lipinski definition) is 4. The van der Waals surface area contributed by atoms with Gasteiger partial charge in [-0.05, 0) is 12.5 Å². The second-order valence-electron chi connectivity index (χ2n) is 4.75. The molecule has 1 saturated heterocycles. The molecule has 0 radical (unpaired) electrons. The van der Waals surface area contributed by atoms with E-state index in [0.29, 0.717) is 18.5 Å². The van der Waals surface area contributed by atoms with Crippen molar-refractivity contribution in [1.29, 1.82) is 0 Å². The van der Waals surface area contributed by atoms with Crippen molar-refractivity contribution in [2.24, 2.45) is 10.9 Å². The maximum absolute atomic E-state index is 14.2. The number of amidine groups is 1. The standard InChI is InChI=1S/C13H17FN4O2/c1-18-6-5-10(13(18)19)16-7-8-3-2-4-9(11(8)14)12(15)17-20/h2-4,10,16,20H,5-7H2,1H3,(H2,15,17). The Balaban J connectivity index is 2.09. The summed E-state index contributed by atoms with van der Waals surface area (Å²) in [6.07, 6.45) is 0.705. The molecule has 1 aromatic rings. The number of oxime groups is 1. The second-order valence-corrected chi connectivity index (χ2v) is 4.75. The Morgan fingerprint density at radius 1 is 1.65 bits per heavy atom. The van der Waals surface area contributed by atoms with Gasteiger partial charge in [0.15, 0.2) is 5.84 Å². The van der Waals surface area contributed by atoms with Gasteiger partial charge >= 0.3 is 0 Å². The number of nitrogens with zero attached hydrogens (tertiary/aromatic N) is 2. The summed E-state index contributed by atoms with van der Waals surface area (Å²) in [7, 11) is 1.74. The summed E-state index contributed by atoms with van der Waals surface area (Å²) >= 11 is 0. The molecule has 0 aliphatic carbocycles. The van der Waals surface area contributed by atoms with Crippen LogP contribution in [0.25, 0.3) is 0 Å². The van der Waals surface area contributed by atoms with E-state index in [-0.39, 0.29) is 29.9 Å². The second kappa shape index (κ2) is 5.87. The minimum Gasteiger partial charge on any atom is -0.409 e. The van der Waals surface area contributed by atoms with E-state index in [2.05, 4.69) is 10.5 Å². The number of amides is 1. The summed E-state index contributed by atoms with van der Waals surface area (Å²) in [6, 6.07) is 4.37. The number of halogens is 1. The van der Waals surface area contributed by atoms with Crippen molar-refractivity contribution in [1.82, 2.24) is 10.2 Å². The summed E-state index contributed by atoms with van der Waals surface area (Å²) in [6.45, 7) is 0.909. The summed E-state index contributed by atoms with van der Waals surface area (Å²) < 4.78 is 14.2. The van der Waals surface area contributed by atoms with E-state index in [1.165, 1.54) is 6.07 Å². The molecular weight excluding hydrogens is 263 g/mol. The summed E-state index contributed by atoms with van der Waals surface area (Å²) in [4.78, 5) is 13.4. The molecule has 1 fully saturated rings. The maximum Gasteiger partial charge on any atom is 0.239 e. The van der Waals surface area contributed by atoms with Crippen molar-refractivity contribution in [2.45, 2.75) is 19.0 Å². The smallest absolute Gasteiger partial charge is 0.239 e. The van der Waals surface area contributed by atoms with Crippen LogP contribution in [0.5, 0.6) is 0 Å². The fourth-order valence-corrected chi connectivity index (χ4v) is 2.21. The molecule has 7 heteroatoms. The zero-order valence-corrected chi connectivity index (χ0v) is 11.1. The number of hydrogen-bond donors (Lipinski definition) is 3. The number of likely N-dealkylation sites (tertiary alicyclic amines) is 1. The molecule has 1 unspecified atom stereocenters. The topological polar surface area (TPSA) is 90.9 Å². The Morgan fingerprint density at radius 2 is 2.40 bits per heavy atom. The van der Waals surface area contributed by atoms with Crippen molar-refractivity contribution in [3.63, 3.8) is 0 Å². The van der Waals surface area contributed by atoms with Crippen LogP contribution in [0, 0.1) is 5.82 Å². The number of benzene rings is 1. The van der Waals surface area contributed by atoms with Crippen LogP contribution in [0.1, 0.15) is 17.5 Å². The van der Waals surface area contributed by atoms with Gasteiger partial charge in [0.1, 0.15) is 5.82 Å². The van der Waals surface area contributed by atoms with Crippen LogP contribution < -0.4 is 11.1 Å². The van der Waals surface area contributed by atoms with Gasteiger partial charge in [0, 0.05) is 25.7 Å². The van der Waals surface area contributed by atoms with E-state index in [9.17, 15) is 9.18 Å². The van der Waals surface area contributed by atoms with Gasteiger partial charge in [0.05, 0.1) is 11.6 Å². The van der Waals surface area contributed by atoms with Gasteiger partial charge in [0.2, 0.25) is 5.91 Å². The molecular formula is C13H17FN4O2. The van der Waals surface area contributed by atoms with Crippen LogP contribution in [-0.2, 0) is 11.3 Å². The molecule has 0 saturated carbocycles. The third kappa shape index (κ3) is 2.72. The molecule has 6 nitrogen and oxygen atoms in total. The summed E-state index contributed by atoms with van der Waals surface area (Å²) in [5.41, 5.74) is 5.82. The Kier molecular flexibility index (Phi) is 4.19. The molecule has 108 valence electrons. The fourth-order valence-electron chi connectivity index (χ4n) is 2.21. The first-order chi connectivity index (χ1) is 9.54. The molecule has 1 amide bonds. The minimum atomic E-state index is -0.547. The van der Waals surface area contributed by atoms with Crippen LogP contribution in [0.15, 0.2) is 23.4 Å². The van der Waals surface area contributed by atoms with Crippen molar-refractivity contribution in [3.05, 3.63) is 35.1 Å². The molecule has 1 heterocycles. The lowest BCUT2D eigenvalue weighted by atomic mass is 10.1. The van der Waals surface area contributed by atoms with Gasteiger partial charge in [-0.1, -0.05) is 17.3 Å². The van der Waals surface area contributed by atoms with Gasteiger partial charge in [-0.3, -0.25) is 4.79 Å². The number of nitrogens with two attached hydrogens (primary N) is 1. The molecule has 1 aromatic carbocycles. The van der Waals surface area contributed by atoms with E-state index in [1.807, 2.05) is 0 Å². The normalized spacial score (nSPS) is 19.7. The Bertz CT molecular complexity index is 547. The van der Waals surface area contributed by atoms with E-state index in [1.54, 1.807) is 24.1 Å². The number of carbonyl (C=O) groups is 1. The van der Waals surface area contributed by atoms with Crippen LogP contribution in [0.3, 0.4) is 0 Å². The van der Waals surface area contributed by atoms with E-state index < -0.39 is 5.82 Å². The number of likely N-dealkylation sites (N-methyl/N-ethyl adjacent to an activating group) is 1. The first kappa shape index (κ1) is 14.3. The van der Waals surface area contributed by atoms with Crippen molar-refractivity contribution < 1.29 is 14.4 Å². The monoisotopic (exact) mass is 280 g/mol. The van der Waals surface area contributed by atoms with Gasteiger partial charge in [-0.15, -0.1) is 0 Å². The predicted molar refractivity (Wildman–Crippen MR) is 71.8 cm³/mol. The highest BCUT2D eigenvalue weighted by Crippen LogP contribution is 2.14. The van der Waals surface area contributed by atoms with Crippen LogP contribution >= 0.6 is 0 Å². The zero-order valence-electron chi connectivity index (χ0n) is 11.1. The van der Waals surface area contributed by atoms with Crippen molar-refractivity contribution in [2.75, 3.05) is 13.6 Å². The lowest BCUT2D eigenvalue weighted by molar-refractivity contribution is -0.128. The Morgan fingerprint density at radius 3 is 3.00 bits per heavy atom. The molecule has 0 bridgehead atoms. The number of rotatable bonds is 4. The van der Waals surface area contributed by atoms with E-state index >= 15 is 0 Å². The lowest BCUT2D eigenvalue weighted by Crippen LogP contribution is -2.36. The molecule has 4 N–H and O–H groups in total. The Hall–Kier alpha value is -2.15. The molecule has 2 rings (SSSR count). The van der Waals surface area contributed by atoms with Crippen LogP contribution in [-0.4, -0.2) is 41.5 Å². The highest BCUT2D eigenvalue weighted by molar-refractivity contribution is 5.97. The van der Waals surface area contributed by atoms with Crippen LogP contribution in [0.2, 0.25) is 0 Å². The minimum absolute atomic E-state index is 0.0120. The van der Waals surface area contributed by atoms with Crippen LogP contribution in [0.4, 0.5) is 4.39 Å². The average Bonchev–Trinajstić information content (AvgIpc) is 2.77. The largest absolute Gasteiger partial charge is 0.409 e. The van der Waals surface area contributed by atoms with Crippen molar-refractivity contribution >= 4 is 11.7 Å². The highest BCUT2D eigenvalue weighted by atomic mass is 19.1. The summed E-state index contributed by atoms with van der Waals surface area (Å²) in [5.74, 6) is -0.812. The molecule has 20 heavy (non-hydrogen) atoms. The first-order valence-corrected chi connectivity index (χ1v) is 6.28. The first-order valence-electron chi connectivity index (χ1n) is 6.28. The van der Waals surface area contributed by atoms with E-state index in [0.717, 1.165) is 0 Å². The fraction of sp³-hybridized carbons (Fsp3) is 0.385. The lowest BCUT2D eigenvalue weighted by Gasteiger charge is -2.13. The molecule has 1 aliphatic heterocycles. The van der Waals surface area contributed by atoms with Gasteiger partial charge in [-0.25, -0.2) is 4.39 Å². The quantitative estimate of drug-likeness (QED) is 0.319. The molecule has 0 aromatic heterocycles. The molecule has 1 aliphatic rings. The van der Waals surface area contributed by atoms with Crippen molar-refractivity contribution in [3.8, 4) is 0 Å². The highest BCUT2D eigenvalue weighted by Gasteiger charge is 2.28. The molecule has 1 atom stereocenters. The predicted octanol–water partition coefficient (Wildman–Crippen LogP) is 0.240. The van der Waals surface area contributed by atoms with Gasteiger partial charge in [-0.2, -0.15) is 0 Å². The average molecular weight is 280 g/mol. The maximum atomic E-state index is 14.2. The SMILES string of the molecule is CN1CCC(NCc2cccc(/C(N)=N/O)c2F)C1=O. The zero-order chi connectivity index (χ0) is 14.7. The van der Waals surface area contributed by atoms with Gasteiger partial charge in [0.25, 0.3) is 0 Å². The third-order valence-electron chi connectivity index (χ3n) is 3.43. The number of nitrogens with one attached hydrogen (secondary N) is 1.